The van der Waals surface area contributed by atoms with Gasteiger partial charge >= 0.3 is 0 Å². The Hall–Kier alpha value is -3.99. The van der Waals surface area contributed by atoms with E-state index in [0.717, 1.165) is 16.8 Å². The minimum atomic E-state index is -0.779. The third-order valence-electron chi connectivity index (χ3n) is 5.73. The lowest BCUT2D eigenvalue weighted by Gasteiger charge is -2.15. The van der Waals surface area contributed by atoms with Crippen molar-refractivity contribution in [2.75, 3.05) is 24.1 Å². The number of rotatable bonds is 9. The highest BCUT2D eigenvalue weighted by molar-refractivity contribution is 5.78. The van der Waals surface area contributed by atoms with Crippen LogP contribution in [0.4, 0.5) is 11.6 Å². The van der Waals surface area contributed by atoms with Gasteiger partial charge in [0, 0.05) is 6.42 Å². The summed E-state index contributed by atoms with van der Waals surface area (Å²) in [6.07, 6.45) is 1.52. The number of hydrogen-bond donors (Lipinski definition) is 4. The third-order valence-corrected chi connectivity index (χ3v) is 5.73. The van der Waals surface area contributed by atoms with Gasteiger partial charge in [-0.15, -0.1) is 0 Å². The molecule has 0 aliphatic carbocycles. The van der Waals surface area contributed by atoms with Gasteiger partial charge in [-0.05, 0) is 23.3 Å². The van der Waals surface area contributed by atoms with Gasteiger partial charge in [0.2, 0.25) is 11.8 Å². The highest BCUT2D eigenvalue weighted by atomic mass is 16.5. The van der Waals surface area contributed by atoms with Crippen LogP contribution < -0.4 is 15.6 Å². The molecule has 5 rings (SSSR count). The first kappa shape index (κ1) is 22.8. The van der Waals surface area contributed by atoms with Crippen molar-refractivity contribution in [2.45, 2.75) is 24.9 Å². The molecule has 1 aliphatic heterocycles. The summed E-state index contributed by atoms with van der Waals surface area (Å²) in [4.78, 5) is 13.4. The van der Waals surface area contributed by atoms with Crippen LogP contribution in [0.3, 0.4) is 0 Å². The van der Waals surface area contributed by atoms with E-state index >= 15 is 0 Å². The summed E-state index contributed by atoms with van der Waals surface area (Å²) >= 11 is 0. The van der Waals surface area contributed by atoms with E-state index in [1.165, 1.54) is 0 Å². The van der Waals surface area contributed by atoms with E-state index in [2.05, 4.69) is 44.5 Å². The van der Waals surface area contributed by atoms with Crippen LogP contribution in [0.5, 0.6) is 5.88 Å². The fourth-order valence-electron chi connectivity index (χ4n) is 3.95. The maximum Gasteiger partial charge on any atom is 0.247 e. The summed E-state index contributed by atoms with van der Waals surface area (Å²) in [6.45, 7) is 3.66. The maximum atomic E-state index is 10.1. The fraction of sp³-hybridized carbons (Fsp3) is 0.240. The van der Waals surface area contributed by atoms with Gasteiger partial charge in [-0.25, -0.2) is 4.98 Å². The van der Waals surface area contributed by atoms with Crippen molar-refractivity contribution in [3.63, 3.8) is 0 Å². The molecule has 10 heteroatoms. The smallest absolute Gasteiger partial charge is 0.247 e. The van der Waals surface area contributed by atoms with Crippen LogP contribution in [-0.4, -0.2) is 55.2 Å². The lowest BCUT2D eigenvalue weighted by atomic mass is 10.1. The van der Waals surface area contributed by atoms with Gasteiger partial charge in [-0.1, -0.05) is 55.1 Å². The van der Waals surface area contributed by atoms with Crippen molar-refractivity contribution < 1.29 is 19.7 Å². The Labute approximate surface area is 201 Å². The molecule has 0 saturated carbocycles. The van der Waals surface area contributed by atoms with Gasteiger partial charge < -0.3 is 19.7 Å². The van der Waals surface area contributed by atoms with Crippen molar-refractivity contribution in [3.05, 3.63) is 73.6 Å². The molecular weight excluding hydrogens is 448 g/mol. The third kappa shape index (κ3) is 4.80. The minimum absolute atomic E-state index is 0.248. The zero-order valence-corrected chi connectivity index (χ0v) is 18.9. The second kappa shape index (κ2) is 10.1. The number of nitrogens with zero attached hydrogens (tertiary/aromatic N) is 4. The molecule has 2 aromatic heterocycles. The zero-order valence-electron chi connectivity index (χ0n) is 18.9. The molecule has 3 atom stereocenters. The number of hydrogen-bond acceptors (Lipinski definition) is 9. The molecule has 10 nitrogen and oxygen atoms in total. The van der Waals surface area contributed by atoms with Crippen LogP contribution in [0, 0.1) is 0 Å². The van der Waals surface area contributed by atoms with Crippen LogP contribution in [0.25, 0.3) is 22.3 Å². The van der Waals surface area contributed by atoms with Gasteiger partial charge in [0.25, 0.3) is 0 Å². The molecule has 4 aromatic rings. The molecule has 3 heterocycles. The molecule has 35 heavy (non-hydrogen) atoms. The van der Waals surface area contributed by atoms with Gasteiger partial charge in [0.15, 0.2) is 11.2 Å². The molecule has 2 aromatic carbocycles. The Kier molecular flexibility index (Phi) is 6.57. The van der Waals surface area contributed by atoms with Crippen molar-refractivity contribution in [1.82, 2.24) is 19.5 Å². The second-order valence-electron chi connectivity index (χ2n) is 8.08. The molecule has 0 bridgehead atoms. The SMILES string of the molecule is C=CCOc1nc(NNc2ccc(-c3ccccc3)cc2)nc2c1ncn2[C@@H]1C[C@@H](O)[C@H](CO)O1. The Bertz CT molecular complexity index is 1290. The second-order valence-corrected chi connectivity index (χ2v) is 8.08. The van der Waals surface area contributed by atoms with E-state index in [4.69, 9.17) is 9.47 Å². The normalized spacial score (nSPS) is 19.5. The number of aliphatic hydroxyl groups excluding tert-OH is 2. The highest BCUT2D eigenvalue weighted by Crippen LogP contribution is 2.33. The van der Waals surface area contributed by atoms with Crippen molar-refractivity contribution in [2.24, 2.45) is 0 Å². The quantitative estimate of drug-likeness (QED) is 0.214. The number of hydrazine groups is 1. The van der Waals surface area contributed by atoms with E-state index in [1.54, 1.807) is 17.0 Å². The van der Waals surface area contributed by atoms with Gasteiger partial charge in [0.05, 0.1) is 24.7 Å². The number of nitrogens with one attached hydrogen (secondary N) is 2. The molecule has 1 saturated heterocycles. The van der Waals surface area contributed by atoms with E-state index in [9.17, 15) is 10.2 Å². The first-order valence-electron chi connectivity index (χ1n) is 11.3. The fourth-order valence-corrected chi connectivity index (χ4v) is 3.95. The van der Waals surface area contributed by atoms with Gasteiger partial charge in [-0.3, -0.25) is 15.4 Å². The van der Waals surface area contributed by atoms with E-state index in [-0.39, 0.29) is 25.0 Å². The van der Waals surface area contributed by atoms with Crippen molar-refractivity contribution in [3.8, 4) is 17.0 Å². The number of ether oxygens (including phenoxy) is 2. The Morgan fingerprint density at radius 1 is 1.09 bits per heavy atom. The van der Waals surface area contributed by atoms with Crippen molar-refractivity contribution in [1.29, 1.82) is 0 Å². The molecule has 0 radical (unpaired) electrons. The molecule has 180 valence electrons. The first-order valence-corrected chi connectivity index (χ1v) is 11.3. The molecule has 1 fully saturated rings. The lowest BCUT2D eigenvalue weighted by Crippen LogP contribution is -2.24. The van der Waals surface area contributed by atoms with E-state index in [1.807, 2.05) is 42.5 Å². The summed E-state index contributed by atoms with van der Waals surface area (Å²) in [7, 11) is 0. The molecule has 1 aliphatic rings. The minimum Gasteiger partial charge on any atom is -0.472 e. The predicted molar refractivity (Wildman–Crippen MR) is 132 cm³/mol. The monoisotopic (exact) mass is 474 g/mol. The van der Waals surface area contributed by atoms with E-state index in [0.29, 0.717) is 17.6 Å². The number of benzene rings is 2. The summed E-state index contributed by atoms with van der Waals surface area (Å²) < 4.78 is 13.2. The van der Waals surface area contributed by atoms with Crippen molar-refractivity contribution >= 4 is 22.8 Å². The molecule has 0 amide bonds. The number of anilines is 2. The van der Waals surface area contributed by atoms with Gasteiger partial charge in [0.1, 0.15) is 18.9 Å². The maximum absolute atomic E-state index is 10.1. The number of aliphatic hydroxyl groups is 2. The topological polar surface area (TPSA) is 127 Å². The summed E-state index contributed by atoms with van der Waals surface area (Å²) in [5.74, 6) is 0.553. The zero-order chi connectivity index (χ0) is 24.2. The Morgan fingerprint density at radius 2 is 1.86 bits per heavy atom. The van der Waals surface area contributed by atoms with Crippen LogP contribution in [0.1, 0.15) is 12.6 Å². The standard InChI is InChI=1S/C25H26N6O4/c1-2-12-34-24-22-23(31(15-26-22)21-13-19(33)20(14-32)35-21)27-25(28-24)30-29-18-10-8-17(9-11-18)16-6-4-3-5-7-16/h2-11,15,19-21,29,32-33H,1,12-14H2,(H,27,28,30)/t19-,20+,21+/m1/s1. The summed E-state index contributed by atoms with van der Waals surface area (Å²) in [5, 5.41) is 19.6. The average molecular weight is 475 g/mol. The first-order chi connectivity index (χ1) is 17.2. The molecule has 4 N–H and O–H groups in total. The van der Waals surface area contributed by atoms with Crippen LogP contribution >= 0.6 is 0 Å². The van der Waals surface area contributed by atoms with Crippen LogP contribution in [0.2, 0.25) is 0 Å². The molecular formula is C25H26N6O4. The Morgan fingerprint density at radius 3 is 2.57 bits per heavy atom. The highest BCUT2D eigenvalue weighted by Gasteiger charge is 2.35. The lowest BCUT2D eigenvalue weighted by molar-refractivity contribution is -0.0432. The largest absolute Gasteiger partial charge is 0.472 e. The summed E-state index contributed by atoms with van der Waals surface area (Å²) in [5.41, 5.74) is 10.1. The Balaban J connectivity index is 1.38. The molecule has 0 spiro atoms. The molecule has 0 unspecified atom stereocenters. The summed E-state index contributed by atoms with van der Waals surface area (Å²) in [6, 6.07) is 18.1. The van der Waals surface area contributed by atoms with Gasteiger partial charge in [-0.2, -0.15) is 9.97 Å². The number of aromatic nitrogens is 4. The van der Waals surface area contributed by atoms with E-state index < -0.39 is 18.4 Å². The number of imidazole rings is 1. The number of fused-ring (bicyclic) bond motifs is 1. The average Bonchev–Trinajstić information content (AvgIpc) is 3.49. The van der Waals surface area contributed by atoms with Crippen LogP contribution in [-0.2, 0) is 4.74 Å². The van der Waals surface area contributed by atoms with Crippen LogP contribution in [0.15, 0.2) is 73.6 Å². The predicted octanol–water partition coefficient (Wildman–Crippen LogP) is 3.14.